The number of hydrogen-bond donors (Lipinski definition) is 3. The number of aliphatic hydroxyl groups is 1. The summed E-state index contributed by atoms with van der Waals surface area (Å²) in [5.41, 5.74) is 8.88. The van der Waals surface area contributed by atoms with Gasteiger partial charge in [0.2, 0.25) is 5.60 Å². The maximum Gasteiger partial charge on any atom is 0.267 e. The van der Waals surface area contributed by atoms with Crippen LogP contribution >= 0.6 is 0 Å². The molecule has 0 bridgehead atoms. The quantitative estimate of drug-likeness (QED) is 0.516. The highest BCUT2D eigenvalue weighted by Gasteiger charge is 2.42. The lowest BCUT2D eigenvalue weighted by molar-refractivity contribution is -0.137. The predicted molar refractivity (Wildman–Crippen MR) is 126 cm³/mol. The molecule has 2 aliphatic rings. The number of fused-ring (bicyclic) bond motifs is 1. The van der Waals surface area contributed by atoms with E-state index in [1.165, 1.54) is 4.90 Å². The van der Waals surface area contributed by atoms with E-state index < -0.39 is 5.60 Å². The molecule has 168 valence electrons. The molecule has 1 atom stereocenters. The number of hydrogen-bond acceptors (Lipinski definition) is 7. The van der Waals surface area contributed by atoms with E-state index in [0.717, 1.165) is 37.1 Å². The number of nitrogens with one attached hydrogen (secondary N) is 1. The van der Waals surface area contributed by atoms with Crippen molar-refractivity contribution in [1.82, 2.24) is 25.2 Å². The summed E-state index contributed by atoms with van der Waals surface area (Å²) in [7, 11) is 1.66. The molecule has 2 saturated heterocycles. The van der Waals surface area contributed by atoms with Crippen LogP contribution in [-0.4, -0.2) is 63.1 Å². The molecule has 2 aliphatic heterocycles. The Bertz CT molecular complexity index is 1340. The van der Waals surface area contributed by atoms with E-state index in [1.54, 1.807) is 7.05 Å². The van der Waals surface area contributed by atoms with E-state index in [0.29, 0.717) is 28.8 Å². The number of benzene rings is 1. The first-order valence-electron chi connectivity index (χ1n) is 11.6. The SMILES string of the molecule is [2H]c1nc(N)c2nc(-c3cccc(C#C[C@]4(O)CCN(C)C4=O)c3)cc(C3CCNCC3)c2n1. The van der Waals surface area contributed by atoms with Gasteiger partial charge in [-0.15, -0.1) is 0 Å². The van der Waals surface area contributed by atoms with Crippen molar-refractivity contribution in [2.24, 2.45) is 0 Å². The Labute approximate surface area is 193 Å². The number of carbonyl (C=O) groups excluding carboxylic acids is 1. The number of anilines is 1. The maximum absolute atomic E-state index is 12.2. The van der Waals surface area contributed by atoms with Gasteiger partial charge in [-0.2, -0.15) is 0 Å². The molecule has 0 saturated carbocycles. The minimum atomic E-state index is -1.64. The molecular weight excluding hydrogens is 416 g/mol. The molecular formula is C25H26N6O2. The lowest BCUT2D eigenvalue weighted by atomic mass is 9.88. The summed E-state index contributed by atoms with van der Waals surface area (Å²) in [6, 6.07) is 9.55. The Morgan fingerprint density at radius 3 is 2.85 bits per heavy atom. The topological polar surface area (TPSA) is 117 Å². The highest BCUT2D eigenvalue weighted by molar-refractivity contribution is 5.91. The standard InChI is InChI=1S/C25H26N6O2/c1-31-12-9-25(33,24(31)32)8-5-16-3-2-4-18(13-16)20-14-19(17-6-10-27-11-7-17)21-22(30-20)23(26)29-15-28-21/h2-4,13-15,17,27,33H,6-7,9-12H2,1H3,(H2,26,28,29)/t25-/m0/s1/i15D. The second-order valence-corrected chi connectivity index (χ2v) is 8.69. The van der Waals surface area contributed by atoms with Crippen LogP contribution in [0.1, 0.15) is 37.7 Å². The lowest BCUT2D eigenvalue weighted by Gasteiger charge is -2.24. The second kappa shape index (κ2) is 8.43. The Balaban J connectivity index is 1.58. The Hall–Kier alpha value is -3.54. The number of rotatable bonds is 2. The van der Waals surface area contributed by atoms with Gasteiger partial charge in [0, 0.05) is 31.1 Å². The summed E-state index contributed by atoms with van der Waals surface area (Å²) >= 11 is 0. The zero-order valence-electron chi connectivity index (χ0n) is 19.4. The van der Waals surface area contributed by atoms with Crippen molar-refractivity contribution in [3.8, 4) is 23.1 Å². The molecule has 1 aromatic carbocycles. The summed E-state index contributed by atoms with van der Waals surface area (Å²) in [6.45, 7) is 2.31. The summed E-state index contributed by atoms with van der Waals surface area (Å²) in [4.78, 5) is 26.8. The van der Waals surface area contributed by atoms with Crippen LogP contribution in [0.25, 0.3) is 22.3 Å². The summed E-state index contributed by atoms with van der Waals surface area (Å²) in [6.07, 6.45) is 2.10. The largest absolute Gasteiger partial charge is 0.382 e. The third kappa shape index (κ3) is 4.01. The molecule has 0 unspecified atom stereocenters. The molecule has 8 heteroatoms. The molecule has 0 aliphatic carbocycles. The fourth-order valence-corrected chi connectivity index (χ4v) is 4.53. The number of aromatic nitrogens is 3. The zero-order valence-corrected chi connectivity index (χ0v) is 18.4. The van der Waals surface area contributed by atoms with Crippen LogP contribution in [0.4, 0.5) is 5.82 Å². The van der Waals surface area contributed by atoms with Gasteiger partial charge in [-0.1, -0.05) is 24.0 Å². The number of nitrogen functional groups attached to an aromatic ring is 1. The van der Waals surface area contributed by atoms with Crippen LogP contribution in [0.3, 0.4) is 0 Å². The molecule has 8 nitrogen and oxygen atoms in total. The van der Waals surface area contributed by atoms with Gasteiger partial charge in [0.25, 0.3) is 5.91 Å². The Kier molecular flexibility index (Phi) is 5.13. The molecule has 4 N–H and O–H groups in total. The number of pyridine rings is 1. The molecule has 2 fully saturated rings. The molecule has 0 radical (unpaired) electrons. The third-order valence-corrected chi connectivity index (χ3v) is 6.46. The van der Waals surface area contributed by atoms with Gasteiger partial charge in [0.1, 0.15) is 13.2 Å². The minimum Gasteiger partial charge on any atom is -0.382 e. The summed E-state index contributed by atoms with van der Waals surface area (Å²) in [5, 5.41) is 14.0. The predicted octanol–water partition coefficient (Wildman–Crippen LogP) is 1.69. The van der Waals surface area contributed by atoms with Crippen LogP contribution in [0.2, 0.25) is 0 Å². The first-order valence-corrected chi connectivity index (χ1v) is 11.1. The monoisotopic (exact) mass is 443 g/mol. The highest BCUT2D eigenvalue weighted by Crippen LogP contribution is 2.34. The maximum atomic E-state index is 12.2. The van der Waals surface area contributed by atoms with Crippen molar-refractivity contribution in [3.63, 3.8) is 0 Å². The molecule has 2 aromatic heterocycles. The van der Waals surface area contributed by atoms with E-state index in [-0.39, 0.29) is 30.4 Å². The van der Waals surface area contributed by atoms with Crippen LogP contribution < -0.4 is 11.1 Å². The molecule has 5 rings (SSSR count). The number of piperidine rings is 1. The number of nitrogens with two attached hydrogens (primary N) is 1. The zero-order chi connectivity index (χ0) is 23.9. The van der Waals surface area contributed by atoms with E-state index in [1.807, 2.05) is 30.3 Å². The first-order chi connectivity index (χ1) is 16.3. The first kappa shape index (κ1) is 20.1. The molecule has 4 heterocycles. The van der Waals surface area contributed by atoms with Crippen molar-refractivity contribution >= 4 is 22.8 Å². The fraction of sp³-hybridized carbons (Fsp3) is 0.360. The van der Waals surface area contributed by atoms with Crippen LogP contribution in [-0.2, 0) is 4.79 Å². The van der Waals surface area contributed by atoms with E-state index in [4.69, 9.17) is 12.1 Å². The van der Waals surface area contributed by atoms with Gasteiger partial charge >= 0.3 is 0 Å². The van der Waals surface area contributed by atoms with Gasteiger partial charge in [0.15, 0.2) is 5.82 Å². The number of likely N-dealkylation sites (N-methyl/N-ethyl adjacent to an activating group) is 1. The van der Waals surface area contributed by atoms with Gasteiger partial charge in [-0.25, -0.2) is 15.0 Å². The normalized spacial score (nSPS) is 21.7. The van der Waals surface area contributed by atoms with Crippen molar-refractivity contribution in [3.05, 3.63) is 47.8 Å². The van der Waals surface area contributed by atoms with Gasteiger partial charge in [-0.05, 0) is 55.6 Å². The fourth-order valence-electron chi connectivity index (χ4n) is 4.53. The van der Waals surface area contributed by atoms with Gasteiger partial charge in [-0.3, -0.25) is 4.79 Å². The number of amides is 1. The average Bonchev–Trinajstić information content (AvgIpc) is 3.11. The smallest absolute Gasteiger partial charge is 0.267 e. The average molecular weight is 444 g/mol. The van der Waals surface area contributed by atoms with E-state index in [2.05, 4.69) is 27.1 Å². The number of carbonyl (C=O) groups is 1. The molecule has 0 spiro atoms. The van der Waals surface area contributed by atoms with Crippen LogP contribution in [0.5, 0.6) is 0 Å². The van der Waals surface area contributed by atoms with Crippen molar-refractivity contribution in [2.75, 3.05) is 32.4 Å². The second-order valence-electron chi connectivity index (χ2n) is 8.69. The van der Waals surface area contributed by atoms with E-state index >= 15 is 0 Å². The van der Waals surface area contributed by atoms with Gasteiger partial charge < -0.3 is 21.1 Å². The Morgan fingerprint density at radius 1 is 1.27 bits per heavy atom. The molecule has 1 amide bonds. The minimum absolute atomic E-state index is 0.114. The summed E-state index contributed by atoms with van der Waals surface area (Å²) in [5.74, 6) is 5.83. The lowest BCUT2D eigenvalue weighted by Crippen LogP contribution is -2.37. The van der Waals surface area contributed by atoms with E-state index in [9.17, 15) is 9.90 Å². The van der Waals surface area contributed by atoms with Crippen LogP contribution in [0.15, 0.2) is 36.6 Å². The highest BCUT2D eigenvalue weighted by atomic mass is 16.3. The number of likely N-dealkylation sites (tertiary alicyclic amines) is 1. The van der Waals surface area contributed by atoms with Crippen molar-refractivity contribution in [1.29, 1.82) is 0 Å². The van der Waals surface area contributed by atoms with Crippen LogP contribution in [0, 0.1) is 11.8 Å². The van der Waals surface area contributed by atoms with Crippen molar-refractivity contribution in [2.45, 2.75) is 30.8 Å². The van der Waals surface area contributed by atoms with Gasteiger partial charge in [0.05, 0.1) is 11.2 Å². The third-order valence-electron chi connectivity index (χ3n) is 6.46. The Morgan fingerprint density at radius 2 is 2.09 bits per heavy atom. The summed E-state index contributed by atoms with van der Waals surface area (Å²) < 4.78 is 7.93. The van der Waals surface area contributed by atoms with Crippen molar-refractivity contribution < 1.29 is 11.3 Å². The molecule has 33 heavy (non-hydrogen) atoms. The number of nitrogens with zero attached hydrogens (tertiary/aromatic N) is 4. The molecule has 3 aromatic rings.